The highest BCUT2D eigenvalue weighted by Gasteiger charge is 2.35. The first-order chi connectivity index (χ1) is 15.2. The fourth-order valence-electron chi connectivity index (χ4n) is 3.81. The molecule has 0 amide bonds. The molecular formula is C24H25N3O5. The average molecular weight is 435 g/mol. The number of hydrogen-bond acceptors (Lipinski definition) is 5. The summed E-state index contributed by atoms with van der Waals surface area (Å²) >= 11 is 0. The van der Waals surface area contributed by atoms with Crippen LogP contribution in [0.15, 0.2) is 59.5 Å². The number of esters is 1. The summed E-state index contributed by atoms with van der Waals surface area (Å²) in [6, 6.07) is 12.9. The van der Waals surface area contributed by atoms with Gasteiger partial charge in [-0.05, 0) is 45.9 Å². The molecule has 8 heteroatoms. The molecule has 2 heterocycles. The van der Waals surface area contributed by atoms with Gasteiger partial charge in [0.2, 0.25) is 0 Å². The highest BCUT2D eigenvalue weighted by molar-refractivity contribution is 5.92. The largest absolute Gasteiger partial charge is 0.458 e. The van der Waals surface area contributed by atoms with Crippen molar-refractivity contribution in [3.8, 4) is 0 Å². The molecule has 32 heavy (non-hydrogen) atoms. The second-order valence-electron chi connectivity index (χ2n) is 8.40. The molecule has 0 aliphatic carbocycles. The van der Waals surface area contributed by atoms with Crippen LogP contribution in [0.5, 0.6) is 0 Å². The summed E-state index contributed by atoms with van der Waals surface area (Å²) in [5, 5.41) is 1.05. The first-order valence-corrected chi connectivity index (χ1v) is 10.4. The van der Waals surface area contributed by atoms with Gasteiger partial charge in [0, 0.05) is 22.7 Å². The van der Waals surface area contributed by atoms with Crippen molar-refractivity contribution >= 4 is 33.9 Å². The lowest BCUT2D eigenvalue weighted by atomic mass is 10.1. The van der Waals surface area contributed by atoms with Crippen molar-refractivity contribution in [2.75, 3.05) is 6.61 Å². The Balaban J connectivity index is 2.05. The molecule has 0 radical (unpaired) electrons. The Bertz CT molecular complexity index is 1370. The third-order valence-corrected chi connectivity index (χ3v) is 5.02. The molecule has 166 valence electrons. The van der Waals surface area contributed by atoms with Gasteiger partial charge in [-0.15, -0.1) is 0 Å². The minimum atomic E-state index is -1.21. The monoisotopic (exact) mass is 435 g/mol. The number of aromatic nitrogens is 3. The predicted molar refractivity (Wildman–Crippen MR) is 121 cm³/mol. The summed E-state index contributed by atoms with van der Waals surface area (Å²) in [5.74, 6) is -0.655. The lowest BCUT2D eigenvalue weighted by Crippen LogP contribution is -2.39. The molecule has 4 rings (SSSR count). The number of fused-ring (bicyclic) bond motifs is 2. The second-order valence-corrected chi connectivity index (χ2v) is 8.40. The maximum atomic E-state index is 13.5. The Labute approximate surface area is 184 Å². The van der Waals surface area contributed by atoms with E-state index in [0.717, 1.165) is 20.3 Å². The fraction of sp³-hybridized carbons (Fsp3) is 0.292. The van der Waals surface area contributed by atoms with Gasteiger partial charge in [-0.25, -0.2) is 14.3 Å². The number of carbonyl (C=O) groups is 2. The van der Waals surface area contributed by atoms with Crippen molar-refractivity contribution in [2.24, 2.45) is 0 Å². The van der Waals surface area contributed by atoms with Gasteiger partial charge >= 0.3 is 12.1 Å². The van der Waals surface area contributed by atoms with Crippen molar-refractivity contribution in [2.45, 2.75) is 39.3 Å². The van der Waals surface area contributed by atoms with Gasteiger partial charge in [0.15, 0.2) is 6.04 Å². The summed E-state index contributed by atoms with van der Waals surface area (Å²) in [7, 11) is 0. The number of nitrogens with zero attached hydrogens (tertiary/aromatic N) is 2. The first kappa shape index (κ1) is 21.4. The zero-order chi connectivity index (χ0) is 23.0. The predicted octanol–water partition coefficient (Wildman–Crippen LogP) is 4.22. The van der Waals surface area contributed by atoms with Gasteiger partial charge in [0.05, 0.1) is 17.5 Å². The zero-order valence-corrected chi connectivity index (χ0v) is 18.4. The van der Waals surface area contributed by atoms with Gasteiger partial charge in [-0.1, -0.05) is 30.3 Å². The molecule has 2 aromatic carbocycles. The minimum Gasteiger partial charge on any atom is -0.458 e. The molecule has 4 aromatic rings. The summed E-state index contributed by atoms with van der Waals surface area (Å²) in [4.78, 5) is 43.1. The van der Waals surface area contributed by atoms with E-state index in [1.165, 1.54) is 0 Å². The Morgan fingerprint density at radius 2 is 1.69 bits per heavy atom. The van der Waals surface area contributed by atoms with Crippen LogP contribution in [-0.2, 0) is 14.3 Å². The van der Waals surface area contributed by atoms with Gasteiger partial charge in [0.1, 0.15) is 5.60 Å². The molecule has 8 nitrogen and oxygen atoms in total. The van der Waals surface area contributed by atoms with E-state index in [0.29, 0.717) is 16.5 Å². The number of hydrogen-bond donors (Lipinski definition) is 1. The molecule has 0 saturated carbocycles. The number of aromatic amines is 1. The van der Waals surface area contributed by atoms with Crippen molar-refractivity contribution in [1.82, 2.24) is 14.3 Å². The highest BCUT2D eigenvalue weighted by Crippen LogP contribution is 2.30. The number of H-pyrrole nitrogens is 1. The minimum absolute atomic E-state index is 0.115. The Hall–Kier alpha value is -3.81. The average Bonchev–Trinajstić information content (AvgIpc) is 3.28. The maximum absolute atomic E-state index is 13.5. The molecule has 0 fully saturated rings. The first-order valence-electron chi connectivity index (χ1n) is 10.4. The highest BCUT2D eigenvalue weighted by atomic mass is 16.6. The van der Waals surface area contributed by atoms with Crippen LogP contribution in [0.1, 0.15) is 39.3 Å². The smallest absolute Gasteiger partial charge is 0.433 e. The molecule has 0 bridgehead atoms. The van der Waals surface area contributed by atoms with Crippen molar-refractivity contribution in [3.63, 3.8) is 0 Å². The third kappa shape index (κ3) is 3.68. The van der Waals surface area contributed by atoms with Crippen LogP contribution >= 0.6 is 0 Å². The number of nitrogens with one attached hydrogen (secondary N) is 1. The number of benzene rings is 2. The number of ether oxygens (including phenoxy) is 2. The molecule has 1 N–H and O–H groups in total. The number of para-hydroxylation sites is 2. The lowest BCUT2D eigenvalue weighted by molar-refractivity contribution is -0.158. The summed E-state index contributed by atoms with van der Waals surface area (Å²) in [5.41, 5.74) is 0.374. The molecule has 2 aromatic heterocycles. The maximum Gasteiger partial charge on any atom is 0.433 e. The van der Waals surface area contributed by atoms with Crippen LogP contribution in [0.25, 0.3) is 21.8 Å². The summed E-state index contributed by atoms with van der Waals surface area (Å²) < 4.78 is 13.2. The van der Waals surface area contributed by atoms with E-state index in [-0.39, 0.29) is 6.61 Å². The topological polar surface area (TPSA) is 95.3 Å². The number of rotatable bonds is 4. The van der Waals surface area contributed by atoms with Gasteiger partial charge in [-0.2, -0.15) is 4.68 Å². The normalized spacial score (nSPS) is 12.8. The summed E-state index contributed by atoms with van der Waals surface area (Å²) in [6.07, 6.45) is 0.915. The standard InChI is InChI=1S/C24H25N3O5/c1-5-31-23(30)26-19-13-9-7-11-16(19)21(28)27(26)20(22(29)32-24(2,3)4)17-14-25-18-12-8-6-10-15(17)18/h6-14,20,25H,5H2,1-4H3. The van der Waals surface area contributed by atoms with Gasteiger partial charge < -0.3 is 14.5 Å². The van der Waals surface area contributed by atoms with Crippen LogP contribution in [0.2, 0.25) is 0 Å². The van der Waals surface area contributed by atoms with Crippen molar-refractivity contribution < 1.29 is 19.1 Å². The summed E-state index contributed by atoms with van der Waals surface area (Å²) in [6.45, 7) is 7.04. The molecule has 1 atom stereocenters. The van der Waals surface area contributed by atoms with Crippen LogP contribution < -0.4 is 5.56 Å². The molecule has 0 spiro atoms. The SMILES string of the molecule is CCOC(=O)n1c2ccccc2c(=O)n1C(C(=O)OC(C)(C)C)c1c[nH]c2ccccc12. The molecule has 1 unspecified atom stereocenters. The fourth-order valence-corrected chi connectivity index (χ4v) is 3.81. The Kier molecular flexibility index (Phi) is 5.38. The van der Waals surface area contributed by atoms with E-state index in [9.17, 15) is 14.4 Å². The quantitative estimate of drug-likeness (QED) is 0.484. The van der Waals surface area contributed by atoms with E-state index in [1.54, 1.807) is 58.2 Å². The van der Waals surface area contributed by atoms with E-state index >= 15 is 0 Å². The van der Waals surface area contributed by atoms with Gasteiger partial charge in [-0.3, -0.25) is 4.79 Å². The Morgan fingerprint density at radius 3 is 2.38 bits per heavy atom. The van der Waals surface area contributed by atoms with Gasteiger partial charge in [0.25, 0.3) is 5.56 Å². The lowest BCUT2D eigenvalue weighted by Gasteiger charge is -2.25. The number of carbonyl (C=O) groups excluding carboxylic acids is 2. The molecule has 0 aliphatic heterocycles. The van der Waals surface area contributed by atoms with Crippen molar-refractivity contribution in [3.05, 3.63) is 70.6 Å². The molecule has 0 saturated heterocycles. The third-order valence-electron chi connectivity index (χ3n) is 5.02. The van der Waals surface area contributed by atoms with Crippen LogP contribution in [0.3, 0.4) is 0 Å². The molecular weight excluding hydrogens is 410 g/mol. The second kappa shape index (κ2) is 8.03. The zero-order valence-electron chi connectivity index (χ0n) is 18.4. The van der Waals surface area contributed by atoms with Crippen LogP contribution in [0.4, 0.5) is 4.79 Å². The van der Waals surface area contributed by atoms with E-state index in [4.69, 9.17) is 9.47 Å². The van der Waals surface area contributed by atoms with E-state index in [1.807, 2.05) is 24.3 Å². The molecule has 0 aliphatic rings. The van der Waals surface area contributed by atoms with Crippen LogP contribution in [0, 0.1) is 0 Å². The van der Waals surface area contributed by atoms with Crippen LogP contribution in [-0.4, -0.2) is 38.6 Å². The Morgan fingerprint density at radius 1 is 1.03 bits per heavy atom. The van der Waals surface area contributed by atoms with E-state index < -0.39 is 29.3 Å². The van der Waals surface area contributed by atoms with Crippen molar-refractivity contribution in [1.29, 1.82) is 0 Å². The van der Waals surface area contributed by atoms with E-state index in [2.05, 4.69) is 4.98 Å².